The Morgan fingerprint density at radius 1 is 1.35 bits per heavy atom. The van der Waals surface area contributed by atoms with Gasteiger partial charge in [-0.3, -0.25) is 9.69 Å². The van der Waals surface area contributed by atoms with Crippen LogP contribution in [0.5, 0.6) is 0 Å². The van der Waals surface area contributed by atoms with E-state index in [1.165, 1.54) is 9.78 Å². The van der Waals surface area contributed by atoms with Crippen molar-refractivity contribution in [3.63, 3.8) is 0 Å². The predicted octanol–water partition coefficient (Wildman–Crippen LogP) is 2.53. The van der Waals surface area contributed by atoms with Gasteiger partial charge in [0, 0.05) is 24.5 Å². The molecular formula is C17H28IN5O2S. The zero-order chi connectivity index (χ0) is 18.3. The highest BCUT2D eigenvalue weighted by molar-refractivity contribution is 14.0. The van der Waals surface area contributed by atoms with Crippen LogP contribution in [0.4, 0.5) is 4.79 Å². The van der Waals surface area contributed by atoms with Gasteiger partial charge in [0.2, 0.25) is 0 Å². The molecule has 0 spiro atoms. The summed E-state index contributed by atoms with van der Waals surface area (Å²) < 4.78 is 0. The quantitative estimate of drug-likeness (QED) is 0.171. The van der Waals surface area contributed by atoms with Gasteiger partial charge in [0.1, 0.15) is 5.54 Å². The van der Waals surface area contributed by atoms with Gasteiger partial charge in [-0.05, 0) is 38.1 Å². The van der Waals surface area contributed by atoms with Gasteiger partial charge < -0.3 is 16.0 Å². The average molecular weight is 493 g/mol. The standard InChI is InChI=1S/C17H27N5O2S.HI/c1-4-17(3)14(23)22(16(24)21-17)10-7-9-19-15(18-5-2)20-12-13-8-6-11-25-13;/h6,8,11H,4-5,7,9-10,12H2,1-3H3,(H,21,24)(H2,18,19,20);1H. The first-order valence-electron chi connectivity index (χ1n) is 8.69. The SMILES string of the molecule is CCNC(=NCc1cccs1)NCCCN1C(=O)NC(C)(CC)C1=O.I. The van der Waals surface area contributed by atoms with Crippen molar-refractivity contribution >= 4 is 53.2 Å². The Bertz CT molecular complexity index is 623. The summed E-state index contributed by atoms with van der Waals surface area (Å²) in [6.45, 7) is 8.13. The molecule has 0 bridgehead atoms. The molecule has 0 saturated carbocycles. The molecule has 26 heavy (non-hydrogen) atoms. The summed E-state index contributed by atoms with van der Waals surface area (Å²) >= 11 is 1.68. The Morgan fingerprint density at radius 3 is 2.69 bits per heavy atom. The first-order chi connectivity index (χ1) is 12.0. The van der Waals surface area contributed by atoms with Crippen molar-refractivity contribution in [2.75, 3.05) is 19.6 Å². The highest BCUT2D eigenvalue weighted by atomic mass is 127. The van der Waals surface area contributed by atoms with E-state index in [9.17, 15) is 9.59 Å². The van der Waals surface area contributed by atoms with Crippen LogP contribution in [0, 0.1) is 0 Å². The molecule has 1 aliphatic rings. The molecule has 1 aromatic heterocycles. The van der Waals surface area contributed by atoms with Gasteiger partial charge in [0.05, 0.1) is 6.54 Å². The number of amides is 3. The number of hydrogen-bond donors (Lipinski definition) is 3. The number of guanidine groups is 1. The molecule has 1 aliphatic heterocycles. The fourth-order valence-electron chi connectivity index (χ4n) is 2.53. The average Bonchev–Trinajstić information content (AvgIpc) is 3.18. The second kappa shape index (κ2) is 10.7. The van der Waals surface area contributed by atoms with Crippen LogP contribution in [-0.4, -0.2) is 48.0 Å². The van der Waals surface area contributed by atoms with Crippen LogP contribution in [0.2, 0.25) is 0 Å². The van der Waals surface area contributed by atoms with Crippen LogP contribution in [0.3, 0.4) is 0 Å². The van der Waals surface area contributed by atoms with Gasteiger partial charge in [-0.2, -0.15) is 0 Å². The molecule has 0 aromatic carbocycles. The molecule has 0 radical (unpaired) electrons. The molecule has 1 unspecified atom stereocenters. The van der Waals surface area contributed by atoms with Crippen molar-refractivity contribution in [3.8, 4) is 0 Å². The summed E-state index contributed by atoms with van der Waals surface area (Å²) in [7, 11) is 0. The smallest absolute Gasteiger partial charge is 0.325 e. The van der Waals surface area contributed by atoms with Crippen molar-refractivity contribution in [2.24, 2.45) is 4.99 Å². The molecule has 0 aliphatic carbocycles. The number of imide groups is 1. The van der Waals surface area contributed by atoms with Crippen molar-refractivity contribution in [2.45, 2.75) is 45.7 Å². The molecule has 9 heteroatoms. The fraction of sp³-hybridized carbons (Fsp3) is 0.588. The number of nitrogens with zero attached hydrogens (tertiary/aromatic N) is 2. The normalized spacial score (nSPS) is 20.0. The number of hydrogen-bond acceptors (Lipinski definition) is 4. The third-order valence-corrected chi connectivity index (χ3v) is 5.08. The van der Waals surface area contributed by atoms with Crippen LogP contribution in [-0.2, 0) is 11.3 Å². The monoisotopic (exact) mass is 493 g/mol. The van der Waals surface area contributed by atoms with Gasteiger partial charge in [0.25, 0.3) is 5.91 Å². The Hall–Kier alpha value is -1.36. The molecule has 1 saturated heterocycles. The van der Waals surface area contributed by atoms with E-state index in [1.807, 2.05) is 25.3 Å². The largest absolute Gasteiger partial charge is 0.357 e. The summed E-state index contributed by atoms with van der Waals surface area (Å²) in [5.74, 6) is 0.602. The maximum absolute atomic E-state index is 12.3. The molecule has 1 fully saturated rings. The first kappa shape index (κ1) is 22.7. The lowest BCUT2D eigenvalue weighted by Gasteiger charge is -2.19. The van der Waals surface area contributed by atoms with E-state index in [4.69, 9.17) is 0 Å². The van der Waals surface area contributed by atoms with E-state index >= 15 is 0 Å². The van der Waals surface area contributed by atoms with E-state index in [1.54, 1.807) is 18.3 Å². The summed E-state index contributed by atoms with van der Waals surface area (Å²) in [5, 5.41) is 11.2. The van der Waals surface area contributed by atoms with Crippen LogP contribution in [0.15, 0.2) is 22.5 Å². The number of carbonyl (C=O) groups is 2. The third kappa shape index (κ3) is 5.83. The van der Waals surface area contributed by atoms with Crippen molar-refractivity contribution in [3.05, 3.63) is 22.4 Å². The third-order valence-electron chi connectivity index (χ3n) is 4.22. The highest BCUT2D eigenvalue weighted by Gasteiger charge is 2.45. The molecule has 2 heterocycles. The Morgan fingerprint density at radius 2 is 2.12 bits per heavy atom. The number of rotatable bonds is 8. The predicted molar refractivity (Wildman–Crippen MR) is 116 cm³/mol. The molecule has 146 valence electrons. The van der Waals surface area contributed by atoms with Gasteiger partial charge >= 0.3 is 6.03 Å². The molecule has 3 N–H and O–H groups in total. The van der Waals surface area contributed by atoms with Crippen molar-refractivity contribution in [1.82, 2.24) is 20.9 Å². The Balaban J connectivity index is 0.00000338. The van der Waals surface area contributed by atoms with E-state index in [-0.39, 0.29) is 35.9 Å². The Labute approximate surface area is 176 Å². The van der Waals surface area contributed by atoms with Crippen LogP contribution in [0.1, 0.15) is 38.5 Å². The highest BCUT2D eigenvalue weighted by Crippen LogP contribution is 2.20. The van der Waals surface area contributed by atoms with Crippen LogP contribution < -0.4 is 16.0 Å². The second-order valence-corrected chi connectivity index (χ2v) is 7.16. The molecule has 2 rings (SSSR count). The lowest BCUT2D eigenvalue weighted by atomic mass is 9.99. The maximum atomic E-state index is 12.3. The topological polar surface area (TPSA) is 85.8 Å². The van der Waals surface area contributed by atoms with Gasteiger partial charge in [-0.25, -0.2) is 9.79 Å². The second-order valence-electron chi connectivity index (χ2n) is 6.13. The van der Waals surface area contributed by atoms with Gasteiger partial charge in [0.15, 0.2) is 5.96 Å². The lowest BCUT2D eigenvalue weighted by molar-refractivity contribution is -0.130. The van der Waals surface area contributed by atoms with E-state index in [2.05, 4.69) is 27.0 Å². The number of nitrogens with one attached hydrogen (secondary N) is 3. The van der Waals surface area contributed by atoms with Gasteiger partial charge in [-0.15, -0.1) is 35.3 Å². The maximum Gasteiger partial charge on any atom is 0.325 e. The first-order valence-corrected chi connectivity index (χ1v) is 9.56. The fourth-order valence-corrected chi connectivity index (χ4v) is 3.16. The number of halogens is 1. The number of carbonyl (C=O) groups excluding carboxylic acids is 2. The zero-order valence-corrected chi connectivity index (χ0v) is 18.6. The minimum absolute atomic E-state index is 0. The van der Waals surface area contributed by atoms with Crippen LogP contribution in [0.25, 0.3) is 0 Å². The minimum atomic E-state index is -0.762. The summed E-state index contributed by atoms with van der Waals surface area (Å²) in [5.41, 5.74) is -0.762. The number of aliphatic imine (C=N–C) groups is 1. The van der Waals surface area contributed by atoms with Crippen molar-refractivity contribution < 1.29 is 9.59 Å². The minimum Gasteiger partial charge on any atom is -0.357 e. The molecule has 3 amide bonds. The Kier molecular flexibility index (Phi) is 9.34. The van der Waals surface area contributed by atoms with E-state index in [0.29, 0.717) is 32.5 Å². The van der Waals surface area contributed by atoms with Crippen LogP contribution >= 0.6 is 35.3 Å². The van der Waals surface area contributed by atoms with Crippen molar-refractivity contribution in [1.29, 1.82) is 0 Å². The summed E-state index contributed by atoms with van der Waals surface area (Å²) in [4.78, 5) is 31.3. The lowest BCUT2D eigenvalue weighted by Crippen LogP contribution is -2.43. The molecule has 1 atom stereocenters. The molecular weight excluding hydrogens is 465 g/mol. The van der Waals surface area contributed by atoms with Gasteiger partial charge in [-0.1, -0.05) is 13.0 Å². The number of urea groups is 1. The van der Waals surface area contributed by atoms with E-state index in [0.717, 1.165) is 12.5 Å². The summed E-state index contributed by atoms with van der Waals surface area (Å²) in [6, 6.07) is 3.77. The van der Waals surface area contributed by atoms with E-state index < -0.39 is 5.54 Å². The molecule has 1 aromatic rings. The number of thiophene rings is 1. The summed E-state index contributed by atoms with van der Waals surface area (Å²) in [6.07, 6.45) is 1.26. The molecule has 7 nitrogen and oxygen atoms in total. The zero-order valence-electron chi connectivity index (χ0n) is 15.5.